The molecule has 1 atom stereocenters. The predicted molar refractivity (Wildman–Crippen MR) is 106 cm³/mol. The Hall–Kier alpha value is -3.61. The smallest absolute Gasteiger partial charge is 0.371 e. The summed E-state index contributed by atoms with van der Waals surface area (Å²) in [5, 5.41) is 17.9. The third kappa shape index (κ3) is 4.63. The standard InChI is InChI=1S/C11H8O4.C11H12O3/c1-6-2-3-9-7(4-6)8(12)5-10(15-9)11(13)14;1-7-2-4-9-8(6-7)3-5-10(14-9)11(12)13/h2-5H,1H3,(H,13,14);2,4,6,10H,3,5H2,1H3,(H,12,13). The van der Waals surface area contributed by atoms with Crippen LogP contribution < -0.4 is 10.2 Å². The molecule has 3 aromatic rings. The van der Waals surface area contributed by atoms with Crippen LogP contribution in [0.1, 0.15) is 33.7 Å². The van der Waals surface area contributed by atoms with Crippen molar-refractivity contribution in [1.29, 1.82) is 0 Å². The second-order valence-corrected chi connectivity index (χ2v) is 6.87. The lowest BCUT2D eigenvalue weighted by Gasteiger charge is -2.23. The molecule has 29 heavy (non-hydrogen) atoms. The normalized spacial score (nSPS) is 14.9. The lowest BCUT2D eigenvalue weighted by Crippen LogP contribution is -2.30. The van der Waals surface area contributed by atoms with E-state index in [1.165, 1.54) is 5.56 Å². The summed E-state index contributed by atoms with van der Waals surface area (Å²) in [4.78, 5) is 32.9. The van der Waals surface area contributed by atoms with Gasteiger partial charge in [-0.05, 0) is 50.5 Å². The number of carboxylic acid groups (broad SMARTS) is 2. The van der Waals surface area contributed by atoms with E-state index in [1.54, 1.807) is 18.2 Å². The van der Waals surface area contributed by atoms with Gasteiger partial charge in [0.25, 0.3) is 0 Å². The van der Waals surface area contributed by atoms with Gasteiger partial charge < -0.3 is 19.4 Å². The Bertz CT molecular complexity index is 1140. The van der Waals surface area contributed by atoms with Gasteiger partial charge >= 0.3 is 11.9 Å². The Labute approximate surface area is 166 Å². The highest BCUT2D eigenvalue weighted by atomic mass is 16.5. The average Bonchev–Trinajstić information content (AvgIpc) is 2.68. The molecule has 7 nitrogen and oxygen atoms in total. The fourth-order valence-corrected chi connectivity index (χ4v) is 3.07. The number of hydrogen-bond acceptors (Lipinski definition) is 5. The number of aliphatic carboxylic acids is 1. The van der Waals surface area contributed by atoms with E-state index in [0.29, 0.717) is 23.1 Å². The van der Waals surface area contributed by atoms with Crippen LogP contribution in [0.5, 0.6) is 5.75 Å². The molecule has 0 amide bonds. The second-order valence-electron chi connectivity index (χ2n) is 6.87. The quantitative estimate of drug-likeness (QED) is 0.680. The molecule has 7 heteroatoms. The van der Waals surface area contributed by atoms with E-state index in [9.17, 15) is 14.4 Å². The van der Waals surface area contributed by atoms with E-state index in [0.717, 1.165) is 23.6 Å². The first kappa shape index (κ1) is 20.1. The van der Waals surface area contributed by atoms with E-state index in [1.807, 2.05) is 32.0 Å². The van der Waals surface area contributed by atoms with Gasteiger partial charge in [-0.3, -0.25) is 4.79 Å². The third-order valence-electron chi connectivity index (χ3n) is 4.53. The largest absolute Gasteiger partial charge is 0.479 e. The maximum Gasteiger partial charge on any atom is 0.371 e. The summed E-state index contributed by atoms with van der Waals surface area (Å²) in [6.07, 6.45) is 0.671. The number of fused-ring (bicyclic) bond motifs is 2. The molecule has 0 aliphatic carbocycles. The van der Waals surface area contributed by atoms with Crippen molar-refractivity contribution in [2.24, 2.45) is 0 Å². The molecule has 2 N–H and O–H groups in total. The molecule has 2 heterocycles. The van der Waals surface area contributed by atoms with E-state index in [4.69, 9.17) is 19.4 Å². The first-order valence-electron chi connectivity index (χ1n) is 9.01. The predicted octanol–water partition coefficient (Wildman–Crippen LogP) is 3.57. The Morgan fingerprint density at radius 2 is 1.69 bits per heavy atom. The molecule has 4 rings (SSSR count). The molecular weight excluding hydrogens is 376 g/mol. The van der Waals surface area contributed by atoms with Gasteiger partial charge in [0.2, 0.25) is 5.76 Å². The lowest BCUT2D eigenvalue weighted by atomic mass is 10.0. The fourth-order valence-electron chi connectivity index (χ4n) is 3.07. The molecule has 0 spiro atoms. The topological polar surface area (TPSA) is 114 Å². The van der Waals surface area contributed by atoms with Gasteiger partial charge in [-0.2, -0.15) is 0 Å². The summed E-state index contributed by atoms with van der Waals surface area (Å²) < 4.78 is 10.4. The minimum atomic E-state index is -1.24. The molecule has 0 radical (unpaired) electrons. The SMILES string of the molecule is Cc1ccc2c(c1)CCC(C(=O)O)O2.Cc1ccc2oc(C(=O)O)cc(=O)c2c1. The maximum atomic E-state index is 11.5. The molecule has 150 valence electrons. The molecule has 0 bridgehead atoms. The van der Waals surface area contributed by atoms with Crippen LogP contribution in [0.4, 0.5) is 0 Å². The molecule has 1 aliphatic rings. The van der Waals surface area contributed by atoms with Gasteiger partial charge in [0.15, 0.2) is 11.5 Å². The minimum absolute atomic E-state index is 0.297. The summed E-state index contributed by atoms with van der Waals surface area (Å²) in [7, 11) is 0. The monoisotopic (exact) mass is 396 g/mol. The fraction of sp³-hybridized carbons (Fsp3) is 0.227. The van der Waals surface area contributed by atoms with Crippen LogP contribution in [0, 0.1) is 13.8 Å². The van der Waals surface area contributed by atoms with Gasteiger partial charge in [0.1, 0.15) is 11.3 Å². The highest BCUT2D eigenvalue weighted by Crippen LogP contribution is 2.28. The zero-order valence-corrected chi connectivity index (χ0v) is 16.0. The summed E-state index contributed by atoms with van der Waals surface area (Å²) in [5.41, 5.74) is 3.18. The molecule has 1 unspecified atom stereocenters. The van der Waals surface area contributed by atoms with Gasteiger partial charge in [-0.25, -0.2) is 9.59 Å². The Balaban J connectivity index is 0.000000166. The number of hydrogen-bond donors (Lipinski definition) is 2. The number of carbonyl (C=O) groups is 2. The molecule has 2 aromatic carbocycles. The van der Waals surface area contributed by atoms with Crippen molar-refractivity contribution in [1.82, 2.24) is 0 Å². The lowest BCUT2D eigenvalue weighted by molar-refractivity contribution is -0.145. The van der Waals surface area contributed by atoms with Crippen LogP contribution in [0.25, 0.3) is 11.0 Å². The van der Waals surface area contributed by atoms with E-state index in [2.05, 4.69) is 0 Å². The maximum absolute atomic E-state index is 11.5. The molecule has 0 saturated carbocycles. The van der Waals surface area contributed by atoms with Gasteiger partial charge in [-0.15, -0.1) is 0 Å². The molecule has 1 aliphatic heterocycles. The van der Waals surface area contributed by atoms with Crippen molar-refractivity contribution in [2.45, 2.75) is 32.8 Å². The van der Waals surface area contributed by atoms with E-state index >= 15 is 0 Å². The van der Waals surface area contributed by atoms with E-state index in [-0.39, 0.29) is 11.2 Å². The van der Waals surface area contributed by atoms with Crippen molar-refractivity contribution in [3.8, 4) is 5.75 Å². The number of aromatic carboxylic acids is 1. The van der Waals surface area contributed by atoms with Crippen molar-refractivity contribution in [3.05, 3.63) is 75.1 Å². The Morgan fingerprint density at radius 1 is 1.00 bits per heavy atom. The van der Waals surface area contributed by atoms with Crippen LogP contribution in [-0.4, -0.2) is 28.3 Å². The first-order valence-corrected chi connectivity index (χ1v) is 9.01. The molecule has 0 saturated heterocycles. The van der Waals surface area contributed by atoms with Crippen molar-refractivity contribution in [3.63, 3.8) is 0 Å². The average molecular weight is 396 g/mol. The molecule has 1 aromatic heterocycles. The highest BCUT2D eigenvalue weighted by Gasteiger charge is 2.25. The zero-order chi connectivity index (χ0) is 21.1. The van der Waals surface area contributed by atoms with Gasteiger partial charge in [-0.1, -0.05) is 29.3 Å². The zero-order valence-electron chi connectivity index (χ0n) is 16.0. The Kier molecular flexibility index (Phi) is 5.68. The van der Waals surface area contributed by atoms with Gasteiger partial charge in [0, 0.05) is 6.07 Å². The Morgan fingerprint density at radius 3 is 2.38 bits per heavy atom. The van der Waals surface area contributed by atoms with Crippen molar-refractivity contribution < 1.29 is 29.0 Å². The van der Waals surface area contributed by atoms with Crippen LogP contribution in [0.3, 0.4) is 0 Å². The number of carboxylic acids is 2. The first-order chi connectivity index (χ1) is 13.7. The van der Waals surface area contributed by atoms with Crippen LogP contribution in [0.2, 0.25) is 0 Å². The van der Waals surface area contributed by atoms with E-state index < -0.39 is 18.0 Å². The number of benzene rings is 2. The van der Waals surface area contributed by atoms with Gasteiger partial charge in [0.05, 0.1) is 5.39 Å². The number of aryl methyl sites for hydroxylation is 3. The minimum Gasteiger partial charge on any atom is -0.479 e. The molecule has 0 fully saturated rings. The molecular formula is C22H20O7. The van der Waals surface area contributed by atoms with Crippen LogP contribution in [0.15, 0.2) is 51.7 Å². The third-order valence-corrected chi connectivity index (χ3v) is 4.53. The summed E-state index contributed by atoms with van der Waals surface area (Å²) in [5.74, 6) is -1.74. The number of ether oxygens (including phenoxy) is 1. The highest BCUT2D eigenvalue weighted by molar-refractivity contribution is 5.87. The van der Waals surface area contributed by atoms with Crippen LogP contribution in [-0.2, 0) is 11.2 Å². The van der Waals surface area contributed by atoms with Crippen LogP contribution >= 0.6 is 0 Å². The number of rotatable bonds is 2. The van der Waals surface area contributed by atoms with Crippen molar-refractivity contribution in [2.75, 3.05) is 0 Å². The second kappa shape index (κ2) is 8.18. The summed E-state index contributed by atoms with van der Waals surface area (Å²) >= 11 is 0. The summed E-state index contributed by atoms with van der Waals surface area (Å²) in [6.45, 7) is 3.87. The summed E-state index contributed by atoms with van der Waals surface area (Å²) in [6, 6.07) is 11.8. The van der Waals surface area contributed by atoms with Crippen molar-refractivity contribution >= 4 is 22.9 Å².